The number of rotatable bonds is 49. The van der Waals surface area contributed by atoms with Crippen LogP contribution < -0.4 is 4.74 Å². The molecule has 378 valence electrons. The molecular formula is C56H95NO9. The van der Waals surface area contributed by atoms with Gasteiger partial charge in [0, 0.05) is 25.0 Å². The lowest BCUT2D eigenvalue weighted by molar-refractivity contribution is -0.384. The number of allylic oxidation sites excluding steroid dienone is 4. The molecule has 0 aliphatic carbocycles. The van der Waals surface area contributed by atoms with E-state index in [0.29, 0.717) is 12.8 Å². The lowest BCUT2D eigenvalue weighted by atomic mass is 10.0. The molecule has 10 nitrogen and oxygen atoms in total. The van der Waals surface area contributed by atoms with Gasteiger partial charge in [-0.3, -0.25) is 19.7 Å². The predicted molar refractivity (Wildman–Crippen MR) is 271 cm³/mol. The van der Waals surface area contributed by atoms with Crippen molar-refractivity contribution >= 4 is 23.8 Å². The van der Waals surface area contributed by atoms with Gasteiger partial charge >= 0.3 is 18.1 Å². The Morgan fingerprint density at radius 3 is 1.00 bits per heavy atom. The molecule has 0 aromatic heterocycles. The van der Waals surface area contributed by atoms with Crippen molar-refractivity contribution in [2.45, 2.75) is 276 Å². The summed E-state index contributed by atoms with van der Waals surface area (Å²) in [4.78, 5) is 44.3. The molecule has 1 aromatic carbocycles. The van der Waals surface area contributed by atoms with E-state index in [0.717, 1.165) is 89.9 Å². The van der Waals surface area contributed by atoms with E-state index >= 15 is 0 Å². The Morgan fingerprint density at radius 2 is 0.712 bits per heavy atom. The van der Waals surface area contributed by atoms with Gasteiger partial charge < -0.3 is 19.7 Å². The lowest BCUT2D eigenvalue weighted by Crippen LogP contribution is -2.21. The van der Waals surface area contributed by atoms with Crippen LogP contribution in [-0.2, 0) is 14.3 Å². The summed E-state index contributed by atoms with van der Waals surface area (Å²) in [6.45, 7) is 0. The number of nitro benzene ring substituents is 1. The second-order valence-corrected chi connectivity index (χ2v) is 18.8. The fourth-order valence-corrected chi connectivity index (χ4v) is 8.57. The van der Waals surface area contributed by atoms with Crippen LogP contribution in [0.3, 0.4) is 0 Å². The van der Waals surface area contributed by atoms with Crippen LogP contribution in [0.2, 0.25) is 0 Å². The fraction of sp³-hybridized carbons (Fsp3) is 0.768. The van der Waals surface area contributed by atoms with Gasteiger partial charge in [0.15, 0.2) is 0 Å². The zero-order valence-corrected chi connectivity index (χ0v) is 41.6. The van der Waals surface area contributed by atoms with Crippen molar-refractivity contribution in [3.8, 4) is 5.75 Å². The number of non-ortho nitro benzene ring substituents is 1. The summed E-state index contributed by atoms with van der Waals surface area (Å²) >= 11 is 0. The quantitative estimate of drug-likeness (QED) is 0.0162. The molecule has 10 heteroatoms. The Hall–Kier alpha value is -3.69. The SMILES string of the molecule is O=C(O)CCCCCCC/C=C\CCCCCCCCCCCCCCC(CCCCCCCCCCCCCC/C=C\CCCCCCCC(=O)O)OC(=O)Oc1ccc([N+](=O)[O-])cc1. The van der Waals surface area contributed by atoms with Crippen molar-refractivity contribution in [2.24, 2.45) is 0 Å². The van der Waals surface area contributed by atoms with Crippen LogP contribution in [0.25, 0.3) is 0 Å². The number of nitrogens with zero attached hydrogens (tertiary/aromatic N) is 1. The van der Waals surface area contributed by atoms with Crippen LogP contribution >= 0.6 is 0 Å². The minimum atomic E-state index is -0.737. The molecule has 0 atom stereocenters. The van der Waals surface area contributed by atoms with E-state index in [1.807, 2.05) is 0 Å². The normalized spacial score (nSPS) is 11.6. The lowest BCUT2D eigenvalue weighted by Gasteiger charge is -2.18. The molecule has 0 amide bonds. The third-order valence-corrected chi connectivity index (χ3v) is 12.7. The van der Waals surface area contributed by atoms with E-state index < -0.39 is 23.0 Å². The van der Waals surface area contributed by atoms with Gasteiger partial charge in [0.1, 0.15) is 11.9 Å². The van der Waals surface area contributed by atoms with Gasteiger partial charge in [-0.05, 0) is 102 Å². The van der Waals surface area contributed by atoms with E-state index in [1.54, 1.807) is 0 Å². The van der Waals surface area contributed by atoms with Gasteiger partial charge in [-0.15, -0.1) is 0 Å². The van der Waals surface area contributed by atoms with Crippen molar-refractivity contribution in [1.29, 1.82) is 0 Å². The average molecular weight is 926 g/mol. The zero-order valence-electron chi connectivity index (χ0n) is 41.6. The van der Waals surface area contributed by atoms with Gasteiger partial charge in [0.2, 0.25) is 0 Å². The summed E-state index contributed by atoms with van der Waals surface area (Å²) in [7, 11) is 0. The topological polar surface area (TPSA) is 153 Å². The molecule has 0 saturated heterocycles. The highest BCUT2D eigenvalue weighted by Crippen LogP contribution is 2.22. The molecule has 2 N–H and O–H groups in total. The predicted octanol–water partition coefficient (Wildman–Crippen LogP) is 18.1. The molecule has 0 spiro atoms. The second-order valence-electron chi connectivity index (χ2n) is 18.8. The molecule has 0 aliphatic heterocycles. The van der Waals surface area contributed by atoms with E-state index in [1.165, 1.54) is 191 Å². The first-order chi connectivity index (χ1) is 32.3. The molecular weight excluding hydrogens is 831 g/mol. The maximum atomic E-state index is 12.7. The standard InChI is InChI=1S/C56H95NO9/c58-54(59)45-41-37-33-29-25-21-17-13-9-5-1-3-7-11-15-19-23-27-31-35-39-43-52(65-56(62)66-53-49-47-51(48-50-53)57(63)64)44-40-36-32-28-24-20-16-12-8-4-2-6-10-14-18-22-26-30-34-38-42-46-55(60)61/h13-14,17-18,47-50,52H,1-12,15-16,19-46H2,(H,58,59)(H,60,61)/b17-13-,18-14-. The number of nitro groups is 1. The van der Waals surface area contributed by atoms with E-state index in [4.69, 9.17) is 19.7 Å². The molecule has 0 heterocycles. The van der Waals surface area contributed by atoms with E-state index in [-0.39, 0.29) is 17.5 Å². The molecule has 0 unspecified atom stereocenters. The van der Waals surface area contributed by atoms with Crippen LogP contribution in [0.5, 0.6) is 5.75 Å². The van der Waals surface area contributed by atoms with Gasteiger partial charge in [-0.25, -0.2) is 4.79 Å². The summed E-state index contributed by atoms with van der Waals surface area (Å²) in [6.07, 6.45) is 56.4. The molecule has 0 radical (unpaired) electrons. The first-order valence-electron chi connectivity index (χ1n) is 27.1. The molecule has 0 aliphatic rings. The second kappa shape index (κ2) is 46.4. The molecule has 1 aromatic rings. The highest BCUT2D eigenvalue weighted by atomic mass is 16.7. The van der Waals surface area contributed by atoms with Crippen LogP contribution in [-0.4, -0.2) is 39.3 Å². The van der Waals surface area contributed by atoms with Crippen LogP contribution in [0, 0.1) is 10.1 Å². The third-order valence-electron chi connectivity index (χ3n) is 12.7. The molecule has 66 heavy (non-hydrogen) atoms. The van der Waals surface area contributed by atoms with Gasteiger partial charge in [-0.2, -0.15) is 0 Å². The largest absolute Gasteiger partial charge is 0.514 e. The maximum absolute atomic E-state index is 12.7. The highest BCUT2D eigenvalue weighted by Gasteiger charge is 2.17. The molecule has 0 bridgehead atoms. The number of carbonyl (C=O) groups is 3. The Kier molecular flexibility index (Phi) is 42.4. The highest BCUT2D eigenvalue weighted by molar-refractivity contribution is 5.66. The third kappa shape index (κ3) is 42.9. The number of aliphatic carboxylic acids is 2. The first kappa shape index (κ1) is 60.3. The monoisotopic (exact) mass is 926 g/mol. The number of benzene rings is 1. The summed E-state index contributed by atoms with van der Waals surface area (Å²) < 4.78 is 11.2. The Bertz CT molecular complexity index is 1300. The van der Waals surface area contributed by atoms with Gasteiger partial charge in [0.05, 0.1) is 4.92 Å². The van der Waals surface area contributed by atoms with Crippen molar-refractivity contribution < 1.29 is 39.0 Å². The van der Waals surface area contributed by atoms with Crippen LogP contribution in [0.15, 0.2) is 48.6 Å². The Labute approximate surface area is 401 Å². The van der Waals surface area contributed by atoms with Gasteiger partial charge in [-0.1, -0.05) is 191 Å². The first-order valence-corrected chi connectivity index (χ1v) is 27.1. The molecule has 0 saturated carbocycles. The van der Waals surface area contributed by atoms with Gasteiger partial charge in [0.25, 0.3) is 5.69 Å². The summed E-state index contributed by atoms with van der Waals surface area (Å²) in [5, 5.41) is 28.4. The summed E-state index contributed by atoms with van der Waals surface area (Å²) in [5.41, 5.74) is -0.0498. The maximum Gasteiger partial charge on any atom is 0.514 e. The summed E-state index contributed by atoms with van der Waals surface area (Å²) in [5.74, 6) is -1.12. The number of unbranched alkanes of at least 4 members (excludes halogenated alkanes) is 34. The fourth-order valence-electron chi connectivity index (χ4n) is 8.57. The number of hydrogen-bond acceptors (Lipinski definition) is 7. The minimum Gasteiger partial charge on any atom is -0.481 e. The average Bonchev–Trinajstić information content (AvgIpc) is 3.29. The number of carboxylic acids is 2. The number of hydrogen-bond donors (Lipinski definition) is 2. The summed E-state index contributed by atoms with van der Waals surface area (Å²) in [6, 6.07) is 5.52. The van der Waals surface area contributed by atoms with E-state index in [2.05, 4.69) is 24.3 Å². The van der Waals surface area contributed by atoms with E-state index in [9.17, 15) is 24.5 Å². The molecule has 1 rings (SSSR count). The number of carbonyl (C=O) groups excluding carboxylic acids is 1. The van der Waals surface area contributed by atoms with Crippen molar-refractivity contribution in [3.63, 3.8) is 0 Å². The smallest absolute Gasteiger partial charge is 0.481 e. The van der Waals surface area contributed by atoms with Crippen LogP contribution in [0.1, 0.15) is 270 Å². The van der Waals surface area contributed by atoms with Crippen LogP contribution in [0.4, 0.5) is 10.5 Å². The van der Waals surface area contributed by atoms with Crippen molar-refractivity contribution in [3.05, 3.63) is 58.7 Å². The number of carboxylic acid groups (broad SMARTS) is 2. The Balaban J connectivity index is 2.10. The van der Waals surface area contributed by atoms with Crippen molar-refractivity contribution in [1.82, 2.24) is 0 Å². The van der Waals surface area contributed by atoms with Crippen molar-refractivity contribution in [2.75, 3.05) is 0 Å². The zero-order chi connectivity index (χ0) is 47.8. The Morgan fingerprint density at radius 1 is 0.439 bits per heavy atom. The molecule has 0 fully saturated rings. The number of ether oxygens (including phenoxy) is 2. The minimum absolute atomic E-state index is 0.0498.